The molecule has 7 nitrogen and oxygen atoms in total. The van der Waals surface area contributed by atoms with Crippen LogP contribution in [-0.4, -0.2) is 47.7 Å². The highest BCUT2D eigenvalue weighted by molar-refractivity contribution is 5.97. The van der Waals surface area contributed by atoms with E-state index in [0.717, 1.165) is 40.4 Å². The maximum absolute atomic E-state index is 9.00. The molecule has 1 fully saturated rings. The fraction of sp³-hybridized carbons (Fsp3) is 0.286. The third-order valence-corrected chi connectivity index (χ3v) is 5.73. The molecule has 1 aromatic heterocycles. The number of hydrogen-bond acceptors (Lipinski definition) is 6. The van der Waals surface area contributed by atoms with Crippen LogP contribution in [0.25, 0.3) is 11.3 Å². The molecule has 0 atom stereocenters. The molecule has 1 aliphatic rings. The van der Waals surface area contributed by atoms with Crippen molar-refractivity contribution in [2.75, 3.05) is 32.2 Å². The van der Waals surface area contributed by atoms with Gasteiger partial charge in [-0.2, -0.15) is 5.06 Å². The van der Waals surface area contributed by atoms with E-state index in [2.05, 4.69) is 53.7 Å². The zero-order chi connectivity index (χ0) is 24.6. The SMILES string of the molecule is CC(C)CN1CON(C)C/C(=C(/NCc2ccc(-c3ccccn3)cc2)Nc2ccccc2)C1=N. The minimum atomic E-state index is 0.366. The number of nitrogens with zero attached hydrogens (tertiary/aromatic N) is 3. The molecule has 1 aliphatic heterocycles. The highest BCUT2D eigenvalue weighted by Gasteiger charge is 2.25. The molecule has 182 valence electrons. The summed E-state index contributed by atoms with van der Waals surface area (Å²) in [6.07, 6.45) is 1.81. The van der Waals surface area contributed by atoms with Gasteiger partial charge in [-0.05, 0) is 35.7 Å². The number of aromatic nitrogens is 1. The average molecular weight is 471 g/mol. The largest absolute Gasteiger partial charge is 0.367 e. The van der Waals surface area contributed by atoms with E-state index in [1.165, 1.54) is 0 Å². The summed E-state index contributed by atoms with van der Waals surface area (Å²) < 4.78 is 0. The van der Waals surface area contributed by atoms with Crippen LogP contribution in [0.1, 0.15) is 19.4 Å². The lowest BCUT2D eigenvalue weighted by atomic mass is 10.1. The lowest BCUT2D eigenvalue weighted by Crippen LogP contribution is -2.37. The van der Waals surface area contributed by atoms with Crippen molar-refractivity contribution in [3.63, 3.8) is 0 Å². The molecule has 0 aliphatic carbocycles. The van der Waals surface area contributed by atoms with Crippen LogP contribution >= 0.6 is 0 Å². The Bertz CT molecular complexity index is 1130. The van der Waals surface area contributed by atoms with E-state index in [9.17, 15) is 0 Å². The molecule has 3 aromatic rings. The lowest BCUT2D eigenvalue weighted by Gasteiger charge is -2.26. The van der Waals surface area contributed by atoms with E-state index in [4.69, 9.17) is 10.2 Å². The Balaban J connectivity index is 1.59. The summed E-state index contributed by atoms with van der Waals surface area (Å²) in [5, 5.41) is 17.9. The van der Waals surface area contributed by atoms with Crippen molar-refractivity contribution in [2.24, 2.45) is 5.92 Å². The maximum Gasteiger partial charge on any atom is 0.141 e. The number of hydroxylamine groups is 2. The molecule has 1 saturated heterocycles. The van der Waals surface area contributed by atoms with Crippen LogP contribution in [0.5, 0.6) is 0 Å². The fourth-order valence-electron chi connectivity index (χ4n) is 3.96. The minimum Gasteiger partial charge on any atom is -0.367 e. The molecule has 2 heterocycles. The van der Waals surface area contributed by atoms with Crippen LogP contribution in [0.3, 0.4) is 0 Å². The Kier molecular flexibility index (Phi) is 8.13. The first-order valence-electron chi connectivity index (χ1n) is 12.0. The van der Waals surface area contributed by atoms with Gasteiger partial charge in [0.2, 0.25) is 0 Å². The molecule has 0 bridgehead atoms. The van der Waals surface area contributed by atoms with Crippen LogP contribution in [-0.2, 0) is 11.4 Å². The molecular formula is C28H34N6O. The number of pyridine rings is 1. The zero-order valence-corrected chi connectivity index (χ0v) is 20.7. The quantitative estimate of drug-likeness (QED) is 0.433. The van der Waals surface area contributed by atoms with Crippen molar-refractivity contribution >= 4 is 11.5 Å². The van der Waals surface area contributed by atoms with Crippen molar-refractivity contribution in [3.05, 3.63) is 96.0 Å². The van der Waals surface area contributed by atoms with Crippen molar-refractivity contribution in [2.45, 2.75) is 20.4 Å². The number of likely N-dealkylation sites (N-methyl/N-ethyl adjacent to an activating group) is 1. The summed E-state index contributed by atoms with van der Waals surface area (Å²) in [7, 11) is 1.91. The monoisotopic (exact) mass is 470 g/mol. The number of anilines is 1. The van der Waals surface area contributed by atoms with Crippen molar-refractivity contribution in [3.8, 4) is 11.3 Å². The van der Waals surface area contributed by atoms with Gasteiger partial charge < -0.3 is 15.5 Å². The normalized spacial score (nSPS) is 16.2. The van der Waals surface area contributed by atoms with E-state index in [-0.39, 0.29) is 0 Å². The van der Waals surface area contributed by atoms with E-state index in [0.29, 0.717) is 31.6 Å². The molecule has 0 unspecified atom stereocenters. The number of rotatable bonds is 8. The lowest BCUT2D eigenvalue weighted by molar-refractivity contribution is -0.153. The predicted molar refractivity (Wildman–Crippen MR) is 141 cm³/mol. The first-order chi connectivity index (χ1) is 17.0. The van der Waals surface area contributed by atoms with Gasteiger partial charge in [0.25, 0.3) is 0 Å². The third kappa shape index (κ3) is 6.68. The highest BCUT2D eigenvalue weighted by Crippen LogP contribution is 2.20. The smallest absolute Gasteiger partial charge is 0.141 e. The molecular weight excluding hydrogens is 436 g/mol. The van der Waals surface area contributed by atoms with Gasteiger partial charge in [-0.3, -0.25) is 15.2 Å². The van der Waals surface area contributed by atoms with Crippen LogP contribution in [0, 0.1) is 11.3 Å². The summed E-state index contributed by atoms with van der Waals surface area (Å²) in [5.41, 5.74) is 5.01. The predicted octanol–water partition coefficient (Wildman–Crippen LogP) is 4.93. The second-order valence-corrected chi connectivity index (χ2v) is 9.12. The van der Waals surface area contributed by atoms with E-state index in [1.54, 1.807) is 5.06 Å². The topological polar surface area (TPSA) is 76.5 Å². The first kappa shape index (κ1) is 24.4. The highest BCUT2D eigenvalue weighted by atomic mass is 16.7. The number of amidine groups is 1. The van der Waals surface area contributed by atoms with Gasteiger partial charge >= 0.3 is 0 Å². The van der Waals surface area contributed by atoms with Gasteiger partial charge in [0, 0.05) is 37.6 Å². The average Bonchev–Trinajstić information content (AvgIpc) is 3.01. The molecule has 0 saturated carbocycles. The Hall–Kier alpha value is -3.68. The standard InChI is InChI=1S/C28H34N6O/c1-21(2)18-34-20-35-33(3)19-25(27(34)29)28(32-24-9-5-4-6-10-24)31-17-22-12-14-23(15-13-22)26-11-7-8-16-30-26/h4-16,21,29,31-32H,17-20H2,1-3H3/b28-25+,29-27?. The summed E-state index contributed by atoms with van der Waals surface area (Å²) in [6.45, 7) is 6.54. The van der Waals surface area contributed by atoms with Gasteiger partial charge in [-0.25, -0.2) is 0 Å². The van der Waals surface area contributed by atoms with E-state index >= 15 is 0 Å². The minimum absolute atomic E-state index is 0.366. The van der Waals surface area contributed by atoms with Crippen molar-refractivity contribution < 1.29 is 4.84 Å². The third-order valence-electron chi connectivity index (χ3n) is 5.73. The molecule has 0 spiro atoms. The van der Waals surface area contributed by atoms with Crippen molar-refractivity contribution in [1.29, 1.82) is 5.41 Å². The number of nitrogens with one attached hydrogen (secondary N) is 3. The summed E-state index contributed by atoms with van der Waals surface area (Å²) >= 11 is 0. The molecule has 7 heteroatoms. The van der Waals surface area contributed by atoms with Crippen LogP contribution in [0.4, 0.5) is 5.69 Å². The summed E-state index contributed by atoms with van der Waals surface area (Å²) in [6, 6.07) is 24.4. The van der Waals surface area contributed by atoms with Gasteiger partial charge in [-0.1, -0.05) is 62.4 Å². The van der Waals surface area contributed by atoms with Crippen LogP contribution < -0.4 is 10.6 Å². The number of hydrogen-bond donors (Lipinski definition) is 3. The van der Waals surface area contributed by atoms with Crippen molar-refractivity contribution in [1.82, 2.24) is 20.3 Å². The van der Waals surface area contributed by atoms with Gasteiger partial charge in [0.05, 0.1) is 17.8 Å². The van der Waals surface area contributed by atoms with Crippen LogP contribution in [0.2, 0.25) is 0 Å². The second kappa shape index (κ2) is 11.6. The summed E-state index contributed by atoms with van der Waals surface area (Å²) in [4.78, 5) is 12.3. The molecule has 4 rings (SSSR count). The van der Waals surface area contributed by atoms with Gasteiger partial charge in [0.1, 0.15) is 18.4 Å². The number of para-hydroxylation sites is 1. The first-order valence-corrected chi connectivity index (χ1v) is 12.0. The zero-order valence-electron chi connectivity index (χ0n) is 20.7. The Morgan fingerprint density at radius 1 is 1.03 bits per heavy atom. The Labute approximate surface area is 207 Å². The second-order valence-electron chi connectivity index (χ2n) is 9.12. The van der Waals surface area contributed by atoms with E-state index in [1.807, 2.05) is 66.7 Å². The van der Waals surface area contributed by atoms with Crippen LogP contribution in [0.15, 0.2) is 90.4 Å². The Morgan fingerprint density at radius 3 is 2.46 bits per heavy atom. The van der Waals surface area contributed by atoms with Gasteiger partial charge in [-0.15, -0.1) is 0 Å². The summed E-state index contributed by atoms with van der Waals surface area (Å²) in [5.74, 6) is 1.69. The molecule has 2 aromatic carbocycles. The van der Waals surface area contributed by atoms with Gasteiger partial charge in [0.15, 0.2) is 0 Å². The maximum atomic E-state index is 9.00. The molecule has 35 heavy (non-hydrogen) atoms. The molecule has 3 N–H and O–H groups in total. The fourth-order valence-corrected chi connectivity index (χ4v) is 3.96. The Morgan fingerprint density at radius 2 is 1.77 bits per heavy atom. The van der Waals surface area contributed by atoms with E-state index < -0.39 is 0 Å². The number of benzene rings is 2. The molecule has 0 radical (unpaired) electrons. The molecule has 0 amide bonds.